The Balaban J connectivity index is 2.09. The fourth-order valence-electron chi connectivity index (χ4n) is 2.66. The fourth-order valence-corrected chi connectivity index (χ4v) is 3.85. The SMILES string of the molecule is COc1ccccc1C(=O)NC(Nc1nc2ccc(Cl)cc2s1)(C(F)(F)F)C(F)(F)F. The quantitative estimate of drug-likeness (QED) is 0.365. The van der Waals surface area contributed by atoms with Crippen molar-refractivity contribution in [2.45, 2.75) is 18.0 Å². The Kier molecular flexibility index (Phi) is 5.98. The van der Waals surface area contributed by atoms with Gasteiger partial charge in [0.1, 0.15) is 5.75 Å². The normalized spacial score (nSPS) is 12.6. The number of para-hydroxylation sites is 1. The summed E-state index contributed by atoms with van der Waals surface area (Å²) in [7, 11) is 1.12. The topological polar surface area (TPSA) is 63.2 Å². The molecule has 0 saturated heterocycles. The van der Waals surface area contributed by atoms with E-state index in [9.17, 15) is 31.1 Å². The van der Waals surface area contributed by atoms with Gasteiger partial charge in [-0.2, -0.15) is 26.3 Å². The molecule has 0 unspecified atom stereocenters. The molecule has 1 amide bonds. The van der Waals surface area contributed by atoms with Crippen LogP contribution in [0, 0.1) is 0 Å². The number of hydrogen-bond acceptors (Lipinski definition) is 5. The number of thiazole rings is 1. The Labute approximate surface area is 180 Å². The van der Waals surface area contributed by atoms with E-state index in [2.05, 4.69) is 4.98 Å². The first-order valence-corrected chi connectivity index (χ1v) is 9.50. The number of aromatic nitrogens is 1. The Bertz CT molecular complexity index is 1100. The highest BCUT2D eigenvalue weighted by Crippen LogP contribution is 2.45. The van der Waals surface area contributed by atoms with E-state index in [-0.39, 0.29) is 21.0 Å². The van der Waals surface area contributed by atoms with E-state index in [1.165, 1.54) is 41.7 Å². The molecule has 0 atom stereocenters. The molecule has 2 aromatic carbocycles. The number of ether oxygens (including phenoxy) is 1. The minimum absolute atomic E-state index is 0.131. The van der Waals surface area contributed by atoms with Gasteiger partial charge < -0.3 is 15.4 Å². The van der Waals surface area contributed by atoms with E-state index in [1.54, 1.807) is 0 Å². The van der Waals surface area contributed by atoms with Crippen LogP contribution in [-0.2, 0) is 0 Å². The fraction of sp³-hybridized carbons (Fsp3) is 0.222. The molecule has 0 aliphatic carbocycles. The van der Waals surface area contributed by atoms with Crippen LogP contribution in [0.25, 0.3) is 10.2 Å². The third-order valence-electron chi connectivity index (χ3n) is 4.15. The summed E-state index contributed by atoms with van der Waals surface area (Å²) in [6.45, 7) is 0. The van der Waals surface area contributed by atoms with E-state index < -0.39 is 34.6 Å². The number of hydrogen-bond donors (Lipinski definition) is 2. The van der Waals surface area contributed by atoms with Crippen molar-refractivity contribution in [3.05, 3.63) is 53.1 Å². The molecule has 5 nitrogen and oxygen atoms in total. The van der Waals surface area contributed by atoms with Crippen molar-refractivity contribution in [3.8, 4) is 5.75 Å². The van der Waals surface area contributed by atoms with E-state index in [4.69, 9.17) is 16.3 Å². The van der Waals surface area contributed by atoms with Crippen LogP contribution in [0.15, 0.2) is 42.5 Å². The number of alkyl halides is 6. The number of benzene rings is 2. The van der Waals surface area contributed by atoms with Gasteiger partial charge in [0.2, 0.25) is 0 Å². The summed E-state index contributed by atoms with van der Waals surface area (Å²) in [5.74, 6) is -1.85. The first-order chi connectivity index (χ1) is 14.4. The predicted molar refractivity (Wildman–Crippen MR) is 104 cm³/mol. The van der Waals surface area contributed by atoms with E-state index in [0.717, 1.165) is 18.5 Å². The van der Waals surface area contributed by atoms with Gasteiger partial charge in [0.25, 0.3) is 5.91 Å². The molecule has 2 N–H and O–H groups in total. The van der Waals surface area contributed by atoms with Crippen LogP contribution in [0.4, 0.5) is 31.5 Å². The highest BCUT2D eigenvalue weighted by atomic mass is 35.5. The first-order valence-electron chi connectivity index (χ1n) is 8.31. The third kappa shape index (κ3) is 4.35. The van der Waals surface area contributed by atoms with E-state index in [0.29, 0.717) is 11.3 Å². The predicted octanol–water partition coefficient (Wildman–Crippen LogP) is 5.62. The summed E-state index contributed by atoms with van der Waals surface area (Å²) in [6.07, 6.45) is -12.0. The van der Waals surface area contributed by atoms with Gasteiger partial charge in [-0.05, 0) is 30.3 Å². The zero-order valence-corrected chi connectivity index (χ0v) is 16.9. The Hall–Kier alpha value is -2.73. The lowest BCUT2D eigenvalue weighted by atomic mass is 10.1. The lowest BCUT2D eigenvalue weighted by Crippen LogP contribution is -2.72. The number of nitrogens with one attached hydrogen (secondary N) is 2. The minimum atomic E-state index is -5.99. The molecule has 0 aliphatic heterocycles. The molecular weight excluding hydrogens is 472 g/mol. The number of nitrogens with zero attached hydrogens (tertiary/aromatic N) is 1. The highest BCUT2D eigenvalue weighted by Gasteiger charge is 2.73. The zero-order chi connectivity index (χ0) is 23.0. The van der Waals surface area contributed by atoms with Crippen molar-refractivity contribution in [2.75, 3.05) is 12.4 Å². The lowest BCUT2D eigenvalue weighted by Gasteiger charge is -2.38. The van der Waals surface area contributed by atoms with Gasteiger partial charge in [0, 0.05) is 5.02 Å². The number of carbonyl (C=O) groups excluding carboxylic acids is 1. The molecule has 0 saturated carbocycles. The second kappa shape index (κ2) is 8.08. The van der Waals surface area contributed by atoms with Crippen molar-refractivity contribution in [1.82, 2.24) is 10.3 Å². The lowest BCUT2D eigenvalue weighted by molar-refractivity contribution is -0.294. The molecule has 1 heterocycles. The highest BCUT2D eigenvalue weighted by molar-refractivity contribution is 7.22. The molecular formula is C18H12ClF6N3O2S. The molecule has 166 valence electrons. The maximum atomic E-state index is 13.9. The smallest absolute Gasteiger partial charge is 0.439 e. The van der Waals surface area contributed by atoms with Gasteiger partial charge in [-0.3, -0.25) is 4.79 Å². The molecule has 1 aromatic heterocycles. The number of anilines is 1. The minimum Gasteiger partial charge on any atom is -0.496 e. The van der Waals surface area contributed by atoms with Crippen molar-refractivity contribution in [2.24, 2.45) is 0 Å². The van der Waals surface area contributed by atoms with E-state index >= 15 is 0 Å². The molecule has 31 heavy (non-hydrogen) atoms. The van der Waals surface area contributed by atoms with Crippen LogP contribution in [0.1, 0.15) is 10.4 Å². The van der Waals surface area contributed by atoms with Crippen LogP contribution in [0.2, 0.25) is 5.02 Å². The van der Waals surface area contributed by atoms with Gasteiger partial charge in [0.05, 0.1) is 22.9 Å². The summed E-state index contributed by atoms with van der Waals surface area (Å²) < 4.78 is 88.3. The van der Waals surface area contributed by atoms with Crippen molar-refractivity contribution >= 4 is 44.2 Å². The average Bonchev–Trinajstić information content (AvgIpc) is 3.06. The maximum absolute atomic E-state index is 13.9. The number of halogens is 7. The Morgan fingerprint density at radius 3 is 2.32 bits per heavy atom. The molecule has 3 aromatic rings. The van der Waals surface area contributed by atoms with Gasteiger partial charge in [0.15, 0.2) is 5.13 Å². The van der Waals surface area contributed by atoms with Crippen molar-refractivity contribution in [3.63, 3.8) is 0 Å². The second-order valence-corrected chi connectivity index (χ2v) is 7.62. The molecule has 0 fully saturated rings. The number of fused-ring (bicyclic) bond motifs is 1. The van der Waals surface area contributed by atoms with E-state index in [1.807, 2.05) is 0 Å². The maximum Gasteiger partial charge on any atom is 0.439 e. The Morgan fingerprint density at radius 1 is 1.06 bits per heavy atom. The summed E-state index contributed by atoms with van der Waals surface area (Å²) in [6, 6.07) is 9.00. The van der Waals surface area contributed by atoms with Gasteiger partial charge in [-0.1, -0.05) is 35.1 Å². The number of methoxy groups -OCH3 is 1. The molecule has 0 spiro atoms. The number of amides is 1. The van der Waals surface area contributed by atoms with Gasteiger partial charge >= 0.3 is 18.0 Å². The van der Waals surface area contributed by atoms with Crippen LogP contribution < -0.4 is 15.4 Å². The molecule has 0 radical (unpaired) electrons. The average molecular weight is 484 g/mol. The second-order valence-electron chi connectivity index (χ2n) is 6.16. The monoisotopic (exact) mass is 483 g/mol. The summed E-state index contributed by atoms with van der Waals surface area (Å²) in [5, 5.41) is 1.94. The first kappa shape index (κ1) is 22.9. The third-order valence-corrected chi connectivity index (χ3v) is 5.32. The standard InChI is InChI=1S/C18H12ClF6N3O2S/c1-30-12-5-3-2-4-10(12)14(29)27-16(17(20,21)22,18(23,24)25)28-15-26-11-7-6-9(19)8-13(11)31-15/h2-8H,1H3,(H,26,28)(H,27,29). The molecule has 0 bridgehead atoms. The van der Waals surface area contributed by atoms with Crippen LogP contribution >= 0.6 is 22.9 Å². The van der Waals surface area contributed by atoms with Crippen LogP contribution in [0.5, 0.6) is 5.75 Å². The summed E-state index contributed by atoms with van der Waals surface area (Å²) in [4.78, 5) is 16.2. The van der Waals surface area contributed by atoms with Crippen LogP contribution in [-0.4, -0.2) is 36.0 Å². The number of rotatable bonds is 5. The van der Waals surface area contributed by atoms with Gasteiger partial charge in [-0.15, -0.1) is 0 Å². The van der Waals surface area contributed by atoms with Crippen molar-refractivity contribution < 1.29 is 35.9 Å². The number of carbonyl (C=O) groups is 1. The molecule has 13 heteroatoms. The van der Waals surface area contributed by atoms with Crippen LogP contribution in [0.3, 0.4) is 0 Å². The molecule has 3 rings (SSSR count). The largest absolute Gasteiger partial charge is 0.496 e. The van der Waals surface area contributed by atoms with Crippen molar-refractivity contribution in [1.29, 1.82) is 0 Å². The summed E-state index contributed by atoms with van der Waals surface area (Å²) >= 11 is 6.32. The summed E-state index contributed by atoms with van der Waals surface area (Å²) in [5.41, 5.74) is -5.21. The van der Waals surface area contributed by atoms with Gasteiger partial charge in [-0.25, -0.2) is 4.98 Å². The molecule has 0 aliphatic rings. The zero-order valence-electron chi connectivity index (χ0n) is 15.4. The Morgan fingerprint density at radius 2 is 1.71 bits per heavy atom.